The first-order valence-corrected chi connectivity index (χ1v) is 8.25. The van der Waals surface area contributed by atoms with Crippen LogP contribution in [0, 0.1) is 6.92 Å². The molecule has 0 saturated carbocycles. The second-order valence-electron chi connectivity index (χ2n) is 5.12. The van der Waals surface area contributed by atoms with Gasteiger partial charge in [-0.2, -0.15) is 0 Å². The van der Waals surface area contributed by atoms with E-state index in [0.717, 1.165) is 15.6 Å². The molecule has 0 fully saturated rings. The smallest absolute Gasteiger partial charge is 0.377 e. The number of oxime groups is 1. The molecular formula is C17H14ClN3O2S. The predicted octanol–water partition coefficient (Wildman–Crippen LogP) is 3.92. The van der Waals surface area contributed by atoms with Gasteiger partial charge in [0.25, 0.3) is 0 Å². The second kappa shape index (κ2) is 6.51. The number of nitrogens with two attached hydrogens (primary N) is 2. The van der Waals surface area contributed by atoms with Crippen molar-refractivity contribution in [1.82, 2.24) is 0 Å². The minimum absolute atomic E-state index is 0.0744. The van der Waals surface area contributed by atoms with Crippen molar-refractivity contribution in [3.63, 3.8) is 0 Å². The summed E-state index contributed by atoms with van der Waals surface area (Å²) in [5, 5.41) is 4.88. The number of thiophene rings is 1. The van der Waals surface area contributed by atoms with Gasteiger partial charge in [0.2, 0.25) is 0 Å². The highest BCUT2D eigenvalue weighted by atomic mass is 35.5. The molecule has 0 radical (unpaired) electrons. The maximum absolute atomic E-state index is 12.2. The van der Waals surface area contributed by atoms with Gasteiger partial charge in [0.1, 0.15) is 4.88 Å². The Morgan fingerprint density at radius 1 is 1.21 bits per heavy atom. The molecule has 2 aromatic carbocycles. The van der Waals surface area contributed by atoms with Crippen molar-refractivity contribution in [2.45, 2.75) is 6.92 Å². The van der Waals surface area contributed by atoms with Gasteiger partial charge in [-0.25, -0.2) is 4.79 Å². The zero-order valence-electron chi connectivity index (χ0n) is 12.7. The van der Waals surface area contributed by atoms with E-state index in [9.17, 15) is 4.79 Å². The minimum Gasteiger partial charge on any atom is -0.398 e. The van der Waals surface area contributed by atoms with Crippen molar-refractivity contribution < 1.29 is 9.63 Å². The lowest BCUT2D eigenvalue weighted by molar-refractivity contribution is 0.0522. The summed E-state index contributed by atoms with van der Waals surface area (Å²) < 4.78 is 0.901. The first kappa shape index (κ1) is 16.3. The van der Waals surface area contributed by atoms with E-state index in [0.29, 0.717) is 21.2 Å². The molecular weight excluding hydrogens is 346 g/mol. The van der Waals surface area contributed by atoms with Gasteiger partial charge >= 0.3 is 5.97 Å². The number of hydrogen-bond donors (Lipinski definition) is 2. The van der Waals surface area contributed by atoms with E-state index in [1.807, 2.05) is 31.2 Å². The Bertz CT molecular complexity index is 966. The first-order chi connectivity index (χ1) is 11.5. The standard InChI is InChI=1S/C17H14ClN3O2S/c1-9-10(6-4-7-12(9)19)16(20)21-23-17(22)15-14(18)11-5-2-3-8-13(11)24-15/h2-8H,19H2,1H3,(H2,20,21). The Labute approximate surface area is 147 Å². The van der Waals surface area contributed by atoms with Gasteiger partial charge in [0.05, 0.1) is 5.02 Å². The molecule has 0 atom stereocenters. The number of fused-ring (bicyclic) bond motifs is 1. The number of hydrogen-bond acceptors (Lipinski definition) is 5. The first-order valence-electron chi connectivity index (χ1n) is 7.06. The number of benzene rings is 2. The maximum Gasteiger partial charge on any atom is 0.377 e. The molecule has 1 aromatic heterocycles. The fourth-order valence-electron chi connectivity index (χ4n) is 2.26. The van der Waals surface area contributed by atoms with Crippen LogP contribution in [0.1, 0.15) is 20.8 Å². The molecule has 0 spiro atoms. The fourth-order valence-corrected chi connectivity index (χ4v) is 3.64. The van der Waals surface area contributed by atoms with Crippen molar-refractivity contribution in [3.8, 4) is 0 Å². The lowest BCUT2D eigenvalue weighted by Crippen LogP contribution is -2.17. The zero-order valence-corrected chi connectivity index (χ0v) is 14.3. The third-order valence-electron chi connectivity index (χ3n) is 3.60. The SMILES string of the molecule is Cc1c(N)cccc1/C(N)=N/OC(=O)c1sc2ccccc2c1Cl. The highest BCUT2D eigenvalue weighted by Crippen LogP contribution is 2.35. The quantitative estimate of drug-likeness (QED) is 0.244. The number of anilines is 1. The topological polar surface area (TPSA) is 90.7 Å². The van der Waals surface area contributed by atoms with Crippen LogP contribution in [0.15, 0.2) is 47.6 Å². The van der Waals surface area contributed by atoms with E-state index in [2.05, 4.69) is 5.16 Å². The Morgan fingerprint density at radius 3 is 2.71 bits per heavy atom. The summed E-state index contributed by atoms with van der Waals surface area (Å²) in [7, 11) is 0. The Hall–Kier alpha value is -2.57. The monoisotopic (exact) mass is 359 g/mol. The number of halogens is 1. The van der Waals surface area contributed by atoms with Gasteiger partial charge in [0, 0.05) is 21.3 Å². The van der Waals surface area contributed by atoms with Crippen molar-refractivity contribution >= 4 is 50.5 Å². The van der Waals surface area contributed by atoms with Gasteiger partial charge < -0.3 is 16.3 Å². The maximum atomic E-state index is 12.2. The van der Waals surface area contributed by atoms with E-state index in [-0.39, 0.29) is 5.84 Å². The lowest BCUT2D eigenvalue weighted by atomic mass is 10.1. The molecule has 0 amide bonds. The third kappa shape index (κ3) is 2.93. The average molecular weight is 360 g/mol. The van der Waals surface area contributed by atoms with Crippen LogP contribution in [0.4, 0.5) is 5.69 Å². The van der Waals surface area contributed by atoms with Gasteiger partial charge in [-0.1, -0.05) is 47.1 Å². The van der Waals surface area contributed by atoms with Crippen LogP contribution < -0.4 is 11.5 Å². The summed E-state index contributed by atoms with van der Waals surface area (Å²) in [5.41, 5.74) is 13.7. The van der Waals surface area contributed by atoms with Gasteiger partial charge in [-0.05, 0) is 24.6 Å². The molecule has 24 heavy (non-hydrogen) atoms. The number of rotatable bonds is 3. The predicted molar refractivity (Wildman–Crippen MR) is 98.6 cm³/mol. The van der Waals surface area contributed by atoms with E-state index in [1.54, 1.807) is 18.2 Å². The molecule has 0 saturated heterocycles. The normalized spacial score (nSPS) is 11.7. The number of amidine groups is 1. The van der Waals surface area contributed by atoms with E-state index in [4.69, 9.17) is 27.9 Å². The molecule has 3 rings (SSSR count). The number of carbonyl (C=O) groups is 1. The van der Waals surface area contributed by atoms with Gasteiger partial charge in [0.15, 0.2) is 5.84 Å². The molecule has 0 bridgehead atoms. The van der Waals surface area contributed by atoms with Crippen LogP contribution in [-0.4, -0.2) is 11.8 Å². The second-order valence-corrected chi connectivity index (χ2v) is 6.55. The summed E-state index contributed by atoms with van der Waals surface area (Å²) in [4.78, 5) is 17.5. The van der Waals surface area contributed by atoms with Crippen LogP contribution in [-0.2, 0) is 4.84 Å². The molecule has 122 valence electrons. The molecule has 0 aliphatic heterocycles. The number of nitrogens with zero attached hydrogens (tertiary/aromatic N) is 1. The van der Waals surface area contributed by atoms with Crippen LogP contribution in [0.2, 0.25) is 5.02 Å². The summed E-state index contributed by atoms with van der Waals surface area (Å²) in [6.07, 6.45) is 0. The van der Waals surface area contributed by atoms with E-state index >= 15 is 0 Å². The summed E-state index contributed by atoms with van der Waals surface area (Å²) in [6, 6.07) is 12.7. The minimum atomic E-state index is -0.647. The average Bonchev–Trinajstić information content (AvgIpc) is 2.92. The van der Waals surface area contributed by atoms with Gasteiger partial charge in [-0.15, -0.1) is 11.3 Å². The molecule has 1 heterocycles. The largest absolute Gasteiger partial charge is 0.398 e. The zero-order chi connectivity index (χ0) is 17.3. The molecule has 3 aromatic rings. The number of carbonyl (C=O) groups excluding carboxylic acids is 1. The third-order valence-corrected chi connectivity index (χ3v) is 5.25. The summed E-state index contributed by atoms with van der Waals surface area (Å²) >= 11 is 7.49. The van der Waals surface area contributed by atoms with Gasteiger partial charge in [-0.3, -0.25) is 0 Å². The lowest BCUT2D eigenvalue weighted by Gasteiger charge is -2.06. The van der Waals surface area contributed by atoms with E-state index < -0.39 is 5.97 Å². The van der Waals surface area contributed by atoms with Crippen molar-refractivity contribution in [3.05, 3.63) is 63.5 Å². The van der Waals surface area contributed by atoms with Crippen molar-refractivity contribution in [1.29, 1.82) is 0 Å². The molecule has 5 nitrogen and oxygen atoms in total. The Morgan fingerprint density at radius 2 is 1.96 bits per heavy atom. The molecule has 4 N–H and O–H groups in total. The Kier molecular flexibility index (Phi) is 4.42. The van der Waals surface area contributed by atoms with E-state index in [1.165, 1.54) is 11.3 Å². The fraction of sp³-hybridized carbons (Fsp3) is 0.0588. The van der Waals surface area contributed by atoms with Crippen LogP contribution in [0.3, 0.4) is 0 Å². The summed E-state index contributed by atoms with van der Waals surface area (Å²) in [5.74, 6) is -0.573. The number of nitrogen functional groups attached to an aromatic ring is 1. The van der Waals surface area contributed by atoms with Crippen LogP contribution in [0.25, 0.3) is 10.1 Å². The summed E-state index contributed by atoms with van der Waals surface area (Å²) in [6.45, 7) is 1.82. The van der Waals surface area contributed by atoms with Crippen molar-refractivity contribution in [2.24, 2.45) is 10.9 Å². The molecule has 0 aliphatic carbocycles. The van der Waals surface area contributed by atoms with Crippen LogP contribution in [0.5, 0.6) is 0 Å². The highest BCUT2D eigenvalue weighted by Gasteiger charge is 2.19. The molecule has 0 aliphatic rings. The molecule has 7 heteroatoms. The highest BCUT2D eigenvalue weighted by molar-refractivity contribution is 7.21. The van der Waals surface area contributed by atoms with Crippen molar-refractivity contribution in [2.75, 3.05) is 5.73 Å². The van der Waals surface area contributed by atoms with Crippen LogP contribution >= 0.6 is 22.9 Å². The Balaban J connectivity index is 1.86. The molecule has 0 unspecified atom stereocenters.